The van der Waals surface area contributed by atoms with Gasteiger partial charge >= 0.3 is 6.18 Å². The summed E-state index contributed by atoms with van der Waals surface area (Å²) in [6.07, 6.45) is -2.96. The molecule has 6 nitrogen and oxygen atoms in total. The Morgan fingerprint density at radius 1 is 1.25 bits per heavy atom. The Morgan fingerprint density at radius 3 is 2.71 bits per heavy atom. The highest BCUT2D eigenvalue weighted by molar-refractivity contribution is 5.93. The molecule has 1 atom stereocenters. The number of halogens is 3. The van der Waals surface area contributed by atoms with Crippen molar-refractivity contribution in [3.05, 3.63) is 53.9 Å². The molecule has 1 N–H and O–H groups in total. The fourth-order valence-corrected chi connectivity index (χ4v) is 3.15. The van der Waals surface area contributed by atoms with Gasteiger partial charge < -0.3 is 10.1 Å². The van der Waals surface area contributed by atoms with Gasteiger partial charge in [0.1, 0.15) is 0 Å². The van der Waals surface area contributed by atoms with Gasteiger partial charge in [-0.05, 0) is 18.9 Å². The number of hydrogen-bond acceptors (Lipinski definition) is 4. The first-order valence-electron chi connectivity index (χ1n) is 8.85. The van der Waals surface area contributed by atoms with Gasteiger partial charge in [-0.15, -0.1) is 0 Å². The van der Waals surface area contributed by atoms with Crippen LogP contribution in [0, 0.1) is 0 Å². The zero-order valence-corrected chi connectivity index (χ0v) is 14.7. The molecule has 3 heterocycles. The smallest absolute Gasteiger partial charge is 0.376 e. The van der Waals surface area contributed by atoms with E-state index in [4.69, 9.17) is 4.74 Å². The molecule has 4 rings (SSSR count). The summed E-state index contributed by atoms with van der Waals surface area (Å²) in [5.74, 6) is -0.560. The number of nitrogens with zero attached hydrogens (tertiary/aromatic N) is 3. The zero-order chi connectivity index (χ0) is 19.7. The summed E-state index contributed by atoms with van der Waals surface area (Å²) in [6.45, 7) is 0.942. The number of nitrogens with one attached hydrogen (secondary N) is 1. The van der Waals surface area contributed by atoms with E-state index in [-0.39, 0.29) is 23.1 Å². The Balaban J connectivity index is 1.69. The molecule has 0 aliphatic carbocycles. The fraction of sp³-hybridized carbons (Fsp3) is 0.316. The van der Waals surface area contributed by atoms with Gasteiger partial charge in [-0.1, -0.05) is 30.3 Å². The third kappa shape index (κ3) is 3.70. The van der Waals surface area contributed by atoms with Crippen LogP contribution in [0.1, 0.15) is 29.0 Å². The van der Waals surface area contributed by atoms with Crippen LogP contribution in [-0.4, -0.2) is 39.8 Å². The summed E-state index contributed by atoms with van der Waals surface area (Å²) in [4.78, 5) is 16.6. The van der Waals surface area contributed by atoms with E-state index in [0.717, 1.165) is 18.9 Å². The molecule has 28 heavy (non-hydrogen) atoms. The molecule has 0 saturated carbocycles. The molecule has 1 saturated heterocycles. The summed E-state index contributed by atoms with van der Waals surface area (Å²) in [7, 11) is 0. The SMILES string of the molecule is O=C(NC[C@H]1CCCO1)c1cc2nc(-c3ccccc3)cc(C(F)(F)F)n2n1. The van der Waals surface area contributed by atoms with E-state index in [1.165, 1.54) is 6.07 Å². The third-order valence-electron chi connectivity index (χ3n) is 4.53. The molecule has 9 heteroatoms. The van der Waals surface area contributed by atoms with Crippen LogP contribution in [-0.2, 0) is 10.9 Å². The normalized spacial score (nSPS) is 17.2. The number of hydrogen-bond donors (Lipinski definition) is 1. The van der Waals surface area contributed by atoms with Crippen molar-refractivity contribution in [3.8, 4) is 11.3 Å². The van der Waals surface area contributed by atoms with Crippen molar-refractivity contribution in [3.63, 3.8) is 0 Å². The largest absolute Gasteiger partial charge is 0.433 e. The van der Waals surface area contributed by atoms with E-state index in [9.17, 15) is 18.0 Å². The lowest BCUT2D eigenvalue weighted by Crippen LogP contribution is -2.32. The lowest BCUT2D eigenvalue weighted by molar-refractivity contribution is -0.142. The van der Waals surface area contributed by atoms with Crippen molar-refractivity contribution in [1.29, 1.82) is 0 Å². The van der Waals surface area contributed by atoms with Crippen molar-refractivity contribution in [2.24, 2.45) is 0 Å². The molecule has 0 radical (unpaired) electrons. The number of fused-ring (bicyclic) bond motifs is 1. The van der Waals surface area contributed by atoms with Gasteiger partial charge in [-0.2, -0.15) is 18.3 Å². The topological polar surface area (TPSA) is 68.5 Å². The highest BCUT2D eigenvalue weighted by atomic mass is 19.4. The lowest BCUT2D eigenvalue weighted by atomic mass is 10.1. The highest BCUT2D eigenvalue weighted by Gasteiger charge is 2.35. The molecule has 1 aromatic carbocycles. The first kappa shape index (κ1) is 18.4. The highest BCUT2D eigenvalue weighted by Crippen LogP contribution is 2.32. The first-order valence-corrected chi connectivity index (χ1v) is 8.85. The molecular formula is C19H17F3N4O2. The van der Waals surface area contributed by atoms with Crippen molar-refractivity contribution in [1.82, 2.24) is 19.9 Å². The van der Waals surface area contributed by atoms with Crippen LogP contribution in [0.15, 0.2) is 42.5 Å². The van der Waals surface area contributed by atoms with E-state index < -0.39 is 17.8 Å². The van der Waals surface area contributed by atoms with Gasteiger partial charge in [0.25, 0.3) is 5.91 Å². The molecule has 1 amide bonds. The fourth-order valence-electron chi connectivity index (χ4n) is 3.15. The minimum Gasteiger partial charge on any atom is -0.376 e. The van der Waals surface area contributed by atoms with E-state index >= 15 is 0 Å². The molecule has 1 fully saturated rings. The lowest BCUT2D eigenvalue weighted by Gasteiger charge is -2.11. The van der Waals surface area contributed by atoms with Gasteiger partial charge in [0.2, 0.25) is 0 Å². The number of carbonyl (C=O) groups excluding carboxylic acids is 1. The van der Waals surface area contributed by atoms with Crippen molar-refractivity contribution >= 4 is 11.6 Å². The second kappa shape index (κ2) is 7.23. The van der Waals surface area contributed by atoms with Crippen LogP contribution >= 0.6 is 0 Å². The predicted molar refractivity (Wildman–Crippen MR) is 94.7 cm³/mol. The number of carbonyl (C=O) groups is 1. The second-order valence-corrected chi connectivity index (χ2v) is 6.54. The summed E-state index contributed by atoms with van der Waals surface area (Å²) >= 11 is 0. The Bertz CT molecular complexity index is 996. The number of rotatable bonds is 4. The molecule has 3 aromatic rings. The summed E-state index contributed by atoms with van der Waals surface area (Å²) < 4.78 is 46.8. The zero-order valence-electron chi connectivity index (χ0n) is 14.7. The molecular weight excluding hydrogens is 373 g/mol. The molecule has 1 aliphatic heterocycles. The maximum absolute atomic E-state index is 13.6. The second-order valence-electron chi connectivity index (χ2n) is 6.54. The quantitative estimate of drug-likeness (QED) is 0.742. The van der Waals surface area contributed by atoms with Crippen LogP contribution in [0.3, 0.4) is 0 Å². The van der Waals surface area contributed by atoms with Crippen LogP contribution in [0.5, 0.6) is 0 Å². The summed E-state index contributed by atoms with van der Waals surface area (Å²) in [5, 5.41) is 6.50. The minimum atomic E-state index is -4.65. The Morgan fingerprint density at radius 2 is 2.04 bits per heavy atom. The Hall–Kier alpha value is -2.94. The van der Waals surface area contributed by atoms with Gasteiger partial charge in [-0.25, -0.2) is 9.50 Å². The number of alkyl halides is 3. The van der Waals surface area contributed by atoms with Crippen LogP contribution in [0.25, 0.3) is 16.9 Å². The Labute approximate surface area is 158 Å². The van der Waals surface area contributed by atoms with Gasteiger partial charge in [0, 0.05) is 24.8 Å². The molecule has 0 unspecified atom stereocenters. The molecule has 146 valence electrons. The molecule has 1 aliphatic rings. The maximum Gasteiger partial charge on any atom is 0.433 e. The van der Waals surface area contributed by atoms with Crippen molar-refractivity contribution < 1.29 is 22.7 Å². The average Bonchev–Trinajstić information content (AvgIpc) is 3.34. The van der Waals surface area contributed by atoms with Gasteiger partial charge in [0.05, 0.1) is 11.8 Å². The molecule has 0 bridgehead atoms. The van der Waals surface area contributed by atoms with Crippen LogP contribution in [0.4, 0.5) is 13.2 Å². The summed E-state index contributed by atoms with van der Waals surface area (Å²) in [6, 6.07) is 10.7. The number of ether oxygens (including phenoxy) is 1. The number of benzene rings is 1. The van der Waals surface area contributed by atoms with Crippen LogP contribution < -0.4 is 5.32 Å². The van der Waals surface area contributed by atoms with Gasteiger partial charge in [0.15, 0.2) is 17.0 Å². The predicted octanol–water partition coefficient (Wildman–Crippen LogP) is 3.32. The summed E-state index contributed by atoms with van der Waals surface area (Å²) in [5.41, 5.74) is -0.459. The van der Waals surface area contributed by atoms with E-state index in [1.807, 2.05) is 0 Å². The first-order chi connectivity index (χ1) is 13.4. The van der Waals surface area contributed by atoms with E-state index in [1.54, 1.807) is 30.3 Å². The molecule has 0 spiro atoms. The third-order valence-corrected chi connectivity index (χ3v) is 4.53. The molecule has 2 aromatic heterocycles. The Kier molecular flexibility index (Phi) is 4.76. The van der Waals surface area contributed by atoms with E-state index in [2.05, 4.69) is 15.4 Å². The average molecular weight is 390 g/mol. The number of amides is 1. The standard InChI is InChI=1S/C19H17F3N4O2/c20-19(21,22)16-9-14(12-5-2-1-3-6-12)24-17-10-15(25-26(16)17)18(27)23-11-13-7-4-8-28-13/h1-3,5-6,9-10,13H,4,7-8,11H2,(H,23,27)/t13-/m1/s1. The van der Waals surface area contributed by atoms with E-state index in [0.29, 0.717) is 23.2 Å². The van der Waals surface area contributed by atoms with Gasteiger partial charge in [-0.3, -0.25) is 4.79 Å². The van der Waals surface area contributed by atoms with Crippen LogP contribution in [0.2, 0.25) is 0 Å². The maximum atomic E-state index is 13.6. The number of aromatic nitrogens is 3. The minimum absolute atomic E-state index is 0.0454. The monoisotopic (exact) mass is 390 g/mol. The van der Waals surface area contributed by atoms with Crippen molar-refractivity contribution in [2.75, 3.05) is 13.2 Å². The van der Waals surface area contributed by atoms with Crippen molar-refractivity contribution in [2.45, 2.75) is 25.1 Å².